The van der Waals surface area contributed by atoms with Crippen LogP contribution < -0.4 is 19.7 Å². The third-order valence-corrected chi connectivity index (χ3v) is 4.66. The summed E-state index contributed by atoms with van der Waals surface area (Å²) in [6, 6.07) is 8.27. The van der Waals surface area contributed by atoms with Crippen molar-refractivity contribution in [2.45, 2.75) is 0 Å². The summed E-state index contributed by atoms with van der Waals surface area (Å²) < 4.78 is 24.0. The Morgan fingerprint density at radius 2 is 1.97 bits per heavy atom. The van der Waals surface area contributed by atoms with Crippen molar-refractivity contribution in [3.05, 3.63) is 71.0 Å². The number of hydrogen-bond donors (Lipinski definition) is 1. The third-order valence-electron chi connectivity index (χ3n) is 4.09. The van der Waals surface area contributed by atoms with Crippen molar-refractivity contribution in [3.63, 3.8) is 0 Å². The van der Waals surface area contributed by atoms with Gasteiger partial charge in [0, 0.05) is 0 Å². The summed E-state index contributed by atoms with van der Waals surface area (Å²) in [6.07, 6.45) is 2.92. The maximum Gasteiger partial charge on any atom is 0.270 e. The van der Waals surface area contributed by atoms with Crippen LogP contribution in [0.3, 0.4) is 0 Å². The van der Waals surface area contributed by atoms with E-state index in [-0.39, 0.29) is 22.3 Å². The van der Waals surface area contributed by atoms with E-state index >= 15 is 0 Å². The summed E-state index contributed by atoms with van der Waals surface area (Å²) in [5, 5.41) is 2.60. The number of ether oxygens (including phenoxy) is 2. The Bertz CT molecular complexity index is 1070. The number of benzene rings is 2. The van der Waals surface area contributed by atoms with Crippen molar-refractivity contribution < 1.29 is 23.5 Å². The molecule has 1 fully saturated rings. The standard InChI is InChI=1S/C21H16ClFN2O4S/c1-3-8-29-18-16(22)10-12(11-17(18)28-2)9-15-19(26)24-21(30)25(20(15)27)14-6-4-13(23)5-7-14/h3-7,9-11H,1,8H2,2H3,(H,24,26,30)/b15-9+. The van der Waals surface area contributed by atoms with Crippen LogP contribution >= 0.6 is 23.8 Å². The number of hydrogen-bond acceptors (Lipinski definition) is 5. The van der Waals surface area contributed by atoms with E-state index in [1.165, 1.54) is 43.5 Å². The molecule has 1 heterocycles. The zero-order valence-electron chi connectivity index (χ0n) is 15.8. The minimum atomic E-state index is -0.662. The zero-order valence-corrected chi connectivity index (χ0v) is 17.3. The Kier molecular flexibility index (Phi) is 6.49. The van der Waals surface area contributed by atoms with Crippen molar-refractivity contribution in [1.29, 1.82) is 0 Å². The molecule has 0 aromatic heterocycles. The van der Waals surface area contributed by atoms with Crippen molar-refractivity contribution in [2.75, 3.05) is 18.6 Å². The van der Waals surface area contributed by atoms with Gasteiger partial charge in [-0.05, 0) is 60.3 Å². The number of thiocarbonyl (C=S) groups is 1. The second-order valence-corrected chi connectivity index (χ2v) is 6.86. The van der Waals surface area contributed by atoms with Crippen LogP contribution in [0.2, 0.25) is 5.02 Å². The minimum absolute atomic E-state index is 0.0995. The molecule has 0 saturated carbocycles. The van der Waals surface area contributed by atoms with Gasteiger partial charge in [0.2, 0.25) is 0 Å². The van der Waals surface area contributed by atoms with E-state index in [1.54, 1.807) is 12.1 Å². The highest BCUT2D eigenvalue weighted by Crippen LogP contribution is 2.37. The first kappa shape index (κ1) is 21.5. The number of carbonyl (C=O) groups excluding carboxylic acids is 2. The maximum absolute atomic E-state index is 13.2. The van der Waals surface area contributed by atoms with Crippen LogP contribution in [0.25, 0.3) is 6.08 Å². The molecule has 3 rings (SSSR count). The molecule has 154 valence electrons. The summed E-state index contributed by atoms with van der Waals surface area (Å²) in [6.45, 7) is 3.80. The van der Waals surface area contributed by atoms with Crippen molar-refractivity contribution >= 4 is 52.5 Å². The molecular weight excluding hydrogens is 431 g/mol. The normalized spacial score (nSPS) is 15.2. The number of nitrogens with one attached hydrogen (secondary N) is 1. The lowest BCUT2D eigenvalue weighted by Crippen LogP contribution is -2.54. The Balaban J connectivity index is 2.01. The second kappa shape index (κ2) is 9.06. The molecule has 1 N–H and O–H groups in total. The number of nitrogens with zero attached hydrogens (tertiary/aromatic N) is 1. The fourth-order valence-electron chi connectivity index (χ4n) is 2.75. The van der Waals surface area contributed by atoms with Gasteiger partial charge in [-0.25, -0.2) is 4.39 Å². The summed E-state index contributed by atoms with van der Waals surface area (Å²) >= 11 is 11.4. The molecule has 2 aromatic rings. The van der Waals surface area contributed by atoms with Crippen LogP contribution in [-0.4, -0.2) is 30.6 Å². The zero-order chi connectivity index (χ0) is 21.8. The Hall–Kier alpha value is -3.23. The van der Waals surface area contributed by atoms with Gasteiger partial charge < -0.3 is 9.47 Å². The quantitative estimate of drug-likeness (QED) is 0.315. The average Bonchev–Trinajstić information content (AvgIpc) is 2.71. The second-order valence-electron chi connectivity index (χ2n) is 6.07. The number of anilines is 1. The number of rotatable bonds is 6. The Labute approximate surface area is 182 Å². The van der Waals surface area contributed by atoms with Crippen LogP contribution in [0, 0.1) is 5.82 Å². The number of carbonyl (C=O) groups is 2. The monoisotopic (exact) mass is 446 g/mol. The maximum atomic E-state index is 13.2. The molecule has 0 radical (unpaired) electrons. The van der Waals surface area contributed by atoms with Gasteiger partial charge >= 0.3 is 0 Å². The molecule has 1 aliphatic heterocycles. The van der Waals surface area contributed by atoms with Crippen LogP contribution in [0.4, 0.5) is 10.1 Å². The van der Waals surface area contributed by atoms with Crippen molar-refractivity contribution in [1.82, 2.24) is 5.32 Å². The predicted octanol–water partition coefficient (Wildman–Crippen LogP) is 3.88. The van der Waals surface area contributed by atoms with Gasteiger partial charge in [-0.1, -0.05) is 24.3 Å². The number of methoxy groups -OCH3 is 1. The molecule has 30 heavy (non-hydrogen) atoms. The molecule has 0 aliphatic carbocycles. The molecule has 2 aromatic carbocycles. The fraction of sp³-hybridized carbons (Fsp3) is 0.0952. The largest absolute Gasteiger partial charge is 0.493 e. The molecule has 0 spiro atoms. The van der Waals surface area contributed by atoms with E-state index in [2.05, 4.69) is 11.9 Å². The van der Waals surface area contributed by atoms with Gasteiger partial charge in [-0.2, -0.15) is 0 Å². The van der Waals surface area contributed by atoms with Crippen LogP contribution in [0.15, 0.2) is 54.6 Å². The highest BCUT2D eigenvalue weighted by molar-refractivity contribution is 7.80. The highest BCUT2D eigenvalue weighted by atomic mass is 35.5. The molecule has 0 unspecified atom stereocenters. The molecule has 6 nitrogen and oxygen atoms in total. The fourth-order valence-corrected chi connectivity index (χ4v) is 3.31. The van der Waals surface area contributed by atoms with Crippen LogP contribution in [0.1, 0.15) is 5.56 Å². The van der Waals surface area contributed by atoms with Crippen molar-refractivity contribution in [3.8, 4) is 11.5 Å². The summed E-state index contributed by atoms with van der Waals surface area (Å²) in [7, 11) is 1.44. The van der Waals surface area contributed by atoms with E-state index in [0.29, 0.717) is 22.7 Å². The lowest BCUT2D eigenvalue weighted by atomic mass is 10.1. The number of halogens is 2. The van der Waals surface area contributed by atoms with E-state index in [4.69, 9.17) is 33.3 Å². The molecular formula is C21H16ClFN2O4S. The minimum Gasteiger partial charge on any atom is -0.493 e. The average molecular weight is 447 g/mol. The SMILES string of the molecule is C=CCOc1c(Cl)cc(/C=C2\C(=O)NC(=S)N(c3ccc(F)cc3)C2=O)cc1OC. The van der Waals surface area contributed by atoms with Gasteiger partial charge in [0.05, 0.1) is 17.8 Å². The summed E-state index contributed by atoms with van der Waals surface area (Å²) in [4.78, 5) is 26.5. The molecule has 9 heteroatoms. The summed E-state index contributed by atoms with van der Waals surface area (Å²) in [5.41, 5.74) is 0.583. The topological polar surface area (TPSA) is 67.9 Å². The van der Waals surface area contributed by atoms with Gasteiger partial charge in [0.1, 0.15) is 18.0 Å². The van der Waals surface area contributed by atoms with E-state index in [1.807, 2.05) is 0 Å². The van der Waals surface area contributed by atoms with E-state index < -0.39 is 17.6 Å². The smallest absolute Gasteiger partial charge is 0.270 e. The molecule has 1 aliphatic rings. The third kappa shape index (κ3) is 4.34. The summed E-state index contributed by atoms with van der Waals surface area (Å²) in [5.74, 6) is -1.14. The van der Waals surface area contributed by atoms with E-state index in [0.717, 1.165) is 4.90 Å². The van der Waals surface area contributed by atoms with E-state index in [9.17, 15) is 14.0 Å². The van der Waals surface area contributed by atoms with Crippen LogP contribution in [0.5, 0.6) is 11.5 Å². The number of amides is 2. The van der Waals surface area contributed by atoms with Gasteiger partial charge in [-0.3, -0.25) is 19.8 Å². The molecule has 2 amide bonds. The van der Waals surface area contributed by atoms with Gasteiger partial charge in [-0.15, -0.1) is 0 Å². The lowest BCUT2D eigenvalue weighted by molar-refractivity contribution is -0.122. The lowest BCUT2D eigenvalue weighted by Gasteiger charge is -2.28. The Morgan fingerprint density at radius 1 is 1.27 bits per heavy atom. The van der Waals surface area contributed by atoms with Crippen molar-refractivity contribution in [2.24, 2.45) is 0 Å². The molecule has 1 saturated heterocycles. The van der Waals surface area contributed by atoms with Crippen LogP contribution in [-0.2, 0) is 9.59 Å². The molecule has 0 bridgehead atoms. The Morgan fingerprint density at radius 3 is 2.60 bits per heavy atom. The van der Waals surface area contributed by atoms with Gasteiger partial charge in [0.15, 0.2) is 16.6 Å². The predicted molar refractivity (Wildman–Crippen MR) is 116 cm³/mol. The van der Waals surface area contributed by atoms with Gasteiger partial charge in [0.25, 0.3) is 11.8 Å². The molecule has 0 atom stereocenters. The highest BCUT2D eigenvalue weighted by Gasteiger charge is 2.34. The first-order valence-corrected chi connectivity index (χ1v) is 9.42. The first-order valence-electron chi connectivity index (χ1n) is 8.64. The first-order chi connectivity index (χ1) is 14.3.